The fraction of sp³-hybridized carbons (Fsp3) is 0.619. The topological polar surface area (TPSA) is 66.3 Å². The summed E-state index contributed by atoms with van der Waals surface area (Å²) in [6.45, 7) is 10.4. The van der Waals surface area contributed by atoms with Crippen LogP contribution in [-0.2, 0) is 19.1 Å². The Kier molecular flexibility index (Phi) is 8.13. The lowest BCUT2D eigenvalue weighted by molar-refractivity contribution is -0.163. The van der Waals surface area contributed by atoms with Gasteiger partial charge >= 0.3 is 5.97 Å². The smallest absolute Gasteiger partial charge is 0.347 e. The van der Waals surface area contributed by atoms with Gasteiger partial charge in [-0.3, -0.25) is 0 Å². The molecule has 1 aromatic rings. The third kappa shape index (κ3) is 6.38. The fourth-order valence-corrected chi connectivity index (χ4v) is 2.83. The fourth-order valence-electron chi connectivity index (χ4n) is 2.66. The molecule has 0 N–H and O–H groups in total. The van der Waals surface area contributed by atoms with Crippen molar-refractivity contribution in [3.05, 3.63) is 28.8 Å². The van der Waals surface area contributed by atoms with Gasteiger partial charge in [-0.2, -0.15) is 0 Å². The molecule has 28 heavy (non-hydrogen) atoms. The van der Waals surface area contributed by atoms with Crippen molar-refractivity contribution in [1.29, 1.82) is 0 Å². The van der Waals surface area contributed by atoms with E-state index in [1.54, 1.807) is 18.2 Å². The zero-order chi connectivity index (χ0) is 20.7. The van der Waals surface area contributed by atoms with Crippen LogP contribution in [0.1, 0.15) is 59.4 Å². The molecule has 0 radical (unpaired) electrons. The van der Waals surface area contributed by atoms with Crippen molar-refractivity contribution >= 4 is 23.3 Å². The molecule has 156 valence electrons. The highest BCUT2D eigenvalue weighted by molar-refractivity contribution is 6.31. The molecule has 0 bridgehead atoms. The molecule has 0 spiro atoms. The van der Waals surface area contributed by atoms with Crippen LogP contribution in [0.5, 0.6) is 5.75 Å². The second-order valence-corrected chi connectivity index (χ2v) is 8.11. The van der Waals surface area contributed by atoms with Gasteiger partial charge in [0.05, 0.1) is 0 Å². The first-order valence-electron chi connectivity index (χ1n) is 9.76. The first-order valence-corrected chi connectivity index (χ1v) is 10.1. The van der Waals surface area contributed by atoms with Gasteiger partial charge in [-0.25, -0.2) is 4.79 Å². The molecule has 0 aliphatic carbocycles. The lowest BCUT2D eigenvalue weighted by Gasteiger charge is -2.25. The number of carbonyl (C=O) groups is 1. The number of hydrogen-bond acceptors (Lipinski definition) is 6. The molecule has 2 rings (SSSR count). The second kappa shape index (κ2) is 10.1. The van der Waals surface area contributed by atoms with Gasteiger partial charge in [0.25, 0.3) is 0 Å². The van der Waals surface area contributed by atoms with Crippen molar-refractivity contribution in [1.82, 2.24) is 0 Å². The van der Waals surface area contributed by atoms with E-state index in [9.17, 15) is 4.79 Å². The Hall–Kier alpha value is -1.79. The van der Waals surface area contributed by atoms with Crippen LogP contribution < -0.4 is 4.74 Å². The van der Waals surface area contributed by atoms with Crippen molar-refractivity contribution in [2.75, 3.05) is 13.2 Å². The highest BCUT2D eigenvalue weighted by Crippen LogP contribution is 2.29. The number of oxime groups is 1. The van der Waals surface area contributed by atoms with Crippen LogP contribution in [0, 0.1) is 0 Å². The Morgan fingerprint density at radius 3 is 2.75 bits per heavy atom. The van der Waals surface area contributed by atoms with E-state index in [2.05, 4.69) is 12.1 Å². The number of ether oxygens (including phenoxy) is 3. The number of unbranched alkanes of at least 4 members (excludes halogenated alkanes) is 1. The van der Waals surface area contributed by atoms with Crippen LogP contribution in [0.4, 0.5) is 0 Å². The third-order valence-electron chi connectivity index (χ3n) is 4.04. The van der Waals surface area contributed by atoms with Crippen LogP contribution in [0.2, 0.25) is 5.02 Å². The summed E-state index contributed by atoms with van der Waals surface area (Å²) < 4.78 is 17.4. The summed E-state index contributed by atoms with van der Waals surface area (Å²) in [5.74, 6) is 0.0895. The molecule has 7 heteroatoms. The minimum atomic E-state index is -0.735. The zero-order valence-electron chi connectivity index (χ0n) is 17.3. The van der Waals surface area contributed by atoms with Crippen molar-refractivity contribution in [2.45, 2.75) is 71.7 Å². The molecule has 1 aliphatic heterocycles. The Labute approximate surface area is 172 Å². The highest BCUT2D eigenvalue weighted by Gasteiger charge is 2.31. The van der Waals surface area contributed by atoms with E-state index in [-0.39, 0.29) is 6.10 Å². The van der Waals surface area contributed by atoms with E-state index in [4.69, 9.17) is 30.6 Å². The normalized spacial score (nSPS) is 17.6. The number of esters is 1. The standard InChI is InChI=1S/C21H30ClNO5/c1-6-8-11-25-18-13-26-23-19(18)15-12-14(22)9-10-17(15)27-16(7-2)20(24)28-21(3,4)5/h9-10,12,16,18H,6-8,11,13H2,1-5H3. The summed E-state index contributed by atoms with van der Waals surface area (Å²) in [5.41, 5.74) is 0.694. The maximum absolute atomic E-state index is 12.5. The van der Waals surface area contributed by atoms with Crippen LogP contribution >= 0.6 is 11.6 Å². The number of benzene rings is 1. The molecule has 1 heterocycles. The molecule has 0 aromatic heterocycles. The molecule has 0 fully saturated rings. The minimum Gasteiger partial charge on any atom is -0.478 e. The van der Waals surface area contributed by atoms with Crippen LogP contribution in [0.15, 0.2) is 23.4 Å². The monoisotopic (exact) mass is 411 g/mol. The van der Waals surface area contributed by atoms with Crippen LogP contribution in [0.25, 0.3) is 0 Å². The van der Waals surface area contributed by atoms with Gasteiger partial charge in [0.1, 0.15) is 29.8 Å². The predicted octanol–water partition coefficient (Wildman–Crippen LogP) is 4.76. The average Bonchev–Trinajstić information content (AvgIpc) is 3.07. The number of rotatable bonds is 9. The van der Waals surface area contributed by atoms with Crippen molar-refractivity contribution in [3.8, 4) is 5.75 Å². The van der Waals surface area contributed by atoms with Gasteiger partial charge in [0.2, 0.25) is 0 Å². The van der Waals surface area contributed by atoms with Crippen molar-refractivity contribution < 1.29 is 23.8 Å². The van der Waals surface area contributed by atoms with E-state index >= 15 is 0 Å². The zero-order valence-corrected chi connectivity index (χ0v) is 18.0. The van der Waals surface area contributed by atoms with E-state index in [0.717, 1.165) is 12.8 Å². The highest BCUT2D eigenvalue weighted by atomic mass is 35.5. The molecule has 0 saturated heterocycles. The van der Waals surface area contributed by atoms with Gasteiger partial charge in [0.15, 0.2) is 6.10 Å². The van der Waals surface area contributed by atoms with Crippen molar-refractivity contribution in [2.24, 2.45) is 5.16 Å². The maximum Gasteiger partial charge on any atom is 0.347 e. The number of halogens is 1. The van der Waals surface area contributed by atoms with E-state index < -0.39 is 17.7 Å². The Morgan fingerprint density at radius 2 is 2.11 bits per heavy atom. The van der Waals surface area contributed by atoms with Crippen LogP contribution in [-0.4, -0.2) is 42.7 Å². The largest absolute Gasteiger partial charge is 0.478 e. The summed E-state index contributed by atoms with van der Waals surface area (Å²) >= 11 is 6.21. The summed E-state index contributed by atoms with van der Waals surface area (Å²) in [6.07, 6.45) is 1.44. The molecule has 1 aromatic carbocycles. The molecular formula is C21H30ClNO5. The summed E-state index contributed by atoms with van der Waals surface area (Å²) in [6, 6.07) is 5.20. The van der Waals surface area contributed by atoms with Gasteiger partial charge in [-0.05, 0) is 51.8 Å². The van der Waals surface area contributed by atoms with Gasteiger partial charge in [-0.1, -0.05) is 37.0 Å². The van der Waals surface area contributed by atoms with Crippen molar-refractivity contribution in [3.63, 3.8) is 0 Å². The molecule has 0 saturated carbocycles. The third-order valence-corrected chi connectivity index (χ3v) is 4.27. The lowest BCUT2D eigenvalue weighted by Crippen LogP contribution is -2.35. The van der Waals surface area contributed by atoms with Gasteiger partial charge in [-0.15, -0.1) is 0 Å². The Balaban J connectivity index is 2.23. The van der Waals surface area contributed by atoms with E-state index in [0.29, 0.717) is 41.7 Å². The minimum absolute atomic E-state index is 0.297. The molecule has 1 aliphatic rings. The Morgan fingerprint density at radius 1 is 1.36 bits per heavy atom. The first-order chi connectivity index (χ1) is 13.2. The number of hydrogen-bond donors (Lipinski definition) is 0. The number of carbonyl (C=O) groups excluding carboxylic acids is 1. The Bertz CT molecular complexity index is 699. The van der Waals surface area contributed by atoms with Gasteiger partial charge < -0.3 is 19.0 Å². The summed E-state index contributed by atoms with van der Waals surface area (Å²) in [4.78, 5) is 17.7. The molecule has 0 amide bonds. The number of nitrogens with zero attached hydrogens (tertiary/aromatic N) is 1. The molecule has 2 unspecified atom stereocenters. The second-order valence-electron chi connectivity index (χ2n) is 7.67. The quantitative estimate of drug-likeness (QED) is 0.433. The van der Waals surface area contributed by atoms with E-state index in [1.807, 2.05) is 27.7 Å². The predicted molar refractivity (Wildman–Crippen MR) is 109 cm³/mol. The first kappa shape index (κ1) is 22.5. The molecular weight excluding hydrogens is 382 g/mol. The molecule has 6 nitrogen and oxygen atoms in total. The van der Waals surface area contributed by atoms with E-state index in [1.165, 1.54) is 0 Å². The summed E-state index contributed by atoms with van der Waals surface area (Å²) in [7, 11) is 0. The van der Waals surface area contributed by atoms with Gasteiger partial charge in [0, 0.05) is 17.2 Å². The molecule has 2 atom stereocenters. The summed E-state index contributed by atoms with van der Waals surface area (Å²) in [5, 5.41) is 4.68. The van der Waals surface area contributed by atoms with Crippen LogP contribution in [0.3, 0.4) is 0 Å². The average molecular weight is 412 g/mol. The maximum atomic E-state index is 12.5. The lowest BCUT2D eigenvalue weighted by atomic mass is 10.0. The SMILES string of the molecule is CCCCOC1CON=C1c1cc(Cl)ccc1OC(CC)C(=O)OC(C)(C)C.